The molecule has 0 aliphatic rings. The van der Waals surface area contributed by atoms with Crippen LogP contribution in [0.3, 0.4) is 0 Å². The summed E-state index contributed by atoms with van der Waals surface area (Å²) in [5.41, 5.74) is 1.01. The minimum Gasteiger partial charge on any atom is -0.339 e. The van der Waals surface area contributed by atoms with Gasteiger partial charge in [-0.3, -0.25) is 14.2 Å². The first-order valence-electron chi connectivity index (χ1n) is 5.79. The van der Waals surface area contributed by atoms with E-state index >= 15 is 0 Å². The van der Waals surface area contributed by atoms with Crippen molar-refractivity contribution in [1.82, 2.24) is 24.5 Å². The molecule has 0 aliphatic carbocycles. The van der Waals surface area contributed by atoms with Crippen LogP contribution in [0.15, 0.2) is 30.9 Å². The van der Waals surface area contributed by atoms with E-state index in [1.807, 2.05) is 26.2 Å². The molecule has 0 radical (unpaired) electrons. The molecule has 6 nitrogen and oxygen atoms in total. The average molecular weight is 247 g/mol. The molecule has 2 aromatic rings. The highest BCUT2D eigenvalue weighted by molar-refractivity contribution is 5.79. The fourth-order valence-electron chi connectivity index (χ4n) is 1.85. The van der Waals surface area contributed by atoms with Crippen LogP contribution in [0.4, 0.5) is 0 Å². The molecule has 6 heteroatoms. The van der Waals surface area contributed by atoms with E-state index in [2.05, 4.69) is 10.2 Å². The zero-order chi connectivity index (χ0) is 13.1. The summed E-state index contributed by atoms with van der Waals surface area (Å²) in [5, 5.41) is 8.17. The Morgan fingerprint density at radius 2 is 2.28 bits per heavy atom. The largest absolute Gasteiger partial charge is 0.339 e. The van der Waals surface area contributed by atoms with Gasteiger partial charge in [0.1, 0.15) is 6.04 Å². The van der Waals surface area contributed by atoms with Crippen molar-refractivity contribution < 1.29 is 4.79 Å². The van der Waals surface area contributed by atoms with Crippen molar-refractivity contribution in [3.05, 3.63) is 36.4 Å². The van der Waals surface area contributed by atoms with Gasteiger partial charge >= 0.3 is 0 Å². The molecular weight excluding hydrogens is 230 g/mol. The van der Waals surface area contributed by atoms with Crippen molar-refractivity contribution in [2.45, 2.75) is 19.5 Å². The normalized spacial score (nSPS) is 12.4. The fraction of sp³-hybridized carbons (Fsp3) is 0.417. The van der Waals surface area contributed by atoms with Crippen molar-refractivity contribution >= 4 is 5.91 Å². The number of nitrogens with zero attached hydrogens (tertiary/aromatic N) is 5. The van der Waals surface area contributed by atoms with E-state index < -0.39 is 0 Å². The fourth-order valence-corrected chi connectivity index (χ4v) is 1.85. The van der Waals surface area contributed by atoms with Gasteiger partial charge < -0.3 is 4.90 Å². The lowest BCUT2D eigenvalue weighted by molar-refractivity contribution is -0.133. The van der Waals surface area contributed by atoms with Gasteiger partial charge in [0.05, 0.1) is 6.20 Å². The molecule has 0 fully saturated rings. The minimum atomic E-state index is -0.290. The summed E-state index contributed by atoms with van der Waals surface area (Å²) >= 11 is 0. The number of amides is 1. The topological polar surface area (TPSA) is 56.0 Å². The highest BCUT2D eigenvalue weighted by Gasteiger charge is 2.19. The van der Waals surface area contributed by atoms with Crippen LogP contribution in [0, 0.1) is 0 Å². The predicted molar refractivity (Wildman–Crippen MR) is 66.6 cm³/mol. The molecule has 2 aromatic heterocycles. The molecule has 0 saturated heterocycles. The van der Waals surface area contributed by atoms with Crippen LogP contribution in [0.5, 0.6) is 0 Å². The summed E-state index contributed by atoms with van der Waals surface area (Å²) in [6.45, 7) is 2.40. The summed E-state index contributed by atoms with van der Waals surface area (Å²) < 4.78 is 3.38. The molecule has 2 heterocycles. The molecule has 1 atom stereocenters. The van der Waals surface area contributed by atoms with Crippen LogP contribution in [0.2, 0.25) is 0 Å². The summed E-state index contributed by atoms with van der Waals surface area (Å²) in [6, 6.07) is 1.52. The molecule has 0 aromatic carbocycles. The Kier molecular flexibility index (Phi) is 3.45. The number of carbonyl (C=O) groups is 1. The van der Waals surface area contributed by atoms with E-state index in [0.29, 0.717) is 6.54 Å². The Bertz CT molecular complexity index is 516. The number of carbonyl (C=O) groups excluding carboxylic acids is 1. The molecule has 0 spiro atoms. The Morgan fingerprint density at radius 1 is 1.50 bits per heavy atom. The molecule has 2 rings (SSSR count). The van der Waals surface area contributed by atoms with Crippen LogP contribution in [0.1, 0.15) is 18.5 Å². The number of hydrogen-bond acceptors (Lipinski definition) is 3. The molecule has 1 amide bonds. The first kappa shape index (κ1) is 12.3. The summed E-state index contributed by atoms with van der Waals surface area (Å²) in [5.74, 6) is 0.0301. The minimum absolute atomic E-state index is 0.0301. The van der Waals surface area contributed by atoms with Gasteiger partial charge in [0, 0.05) is 44.8 Å². The van der Waals surface area contributed by atoms with E-state index in [0.717, 1.165) is 5.56 Å². The van der Waals surface area contributed by atoms with E-state index in [9.17, 15) is 4.79 Å². The summed E-state index contributed by atoms with van der Waals surface area (Å²) in [4.78, 5) is 13.9. The van der Waals surface area contributed by atoms with Gasteiger partial charge in [-0.25, -0.2) is 0 Å². The van der Waals surface area contributed by atoms with Crippen LogP contribution >= 0.6 is 0 Å². The SMILES string of the molecule is C[C@H](C(=O)N(C)Cc1cnn(C)c1)n1cccn1. The highest BCUT2D eigenvalue weighted by Crippen LogP contribution is 2.10. The lowest BCUT2D eigenvalue weighted by atomic mass is 10.2. The standard InChI is InChI=1S/C12H17N5O/c1-10(17-6-4-5-13-17)12(18)15(2)8-11-7-14-16(3)9-11/h4-7,9-10H,8H2,1-3H3/t10-/m1/s1. The zero-order valence-electron chi connectivity index (χ0n) is 10.8. The number of hydrogen-bond donors (Lipinski definition) is 0. The Hall–Kier alpha value is -2.11. The molecule has 0 bridgehead atoms. The van der Waals surface area contributed by atoms with Gasteiger partial charge in [0.25, 0.3) is 0 Å². The average Bonchev–Trinajstić information content (AvgIpc) is 2.98. The van der Waals surface area contributed by atoms with Crippen molar-refractivity contribution in [1.29, 1.82) is 0 Å². The Morgan fingerprint density at radius 3 is 2.83 bits per heavy atom. The van der Waals surface area contributed by atoms with Crippen molar-refractivity contribution in [2.24, 2.45) is 7.05 Å². The second-order valence-corrected chi connectivity index (χ2v) is 4.38. The number of aryl methyl sites for hydroxylation is 1. The van der Waals surface area contributed by atoms with Crippen LogP contribution < -0.4 is 0 Å². The Balaban J connectivity index is 2.00. The molecule has 96 valence electrons. The van der Waals surface area contributed by atoms with Gasteiger partial charge in [-0.15, -0.1) is 0 Å². The zero-order valence-corrected chi connectivity index (χ0v) is 10.8. The van der Waals surface area contributed by atoms with Crippen LogP contribution in [0.25, 0.3) is 0 Å². The van der Waals surface area contributed by atoms with Gasteiger partial charge in [-0.1, -0.05) is 0 Å². The van der Waals surface area contributed by atoms with Gasteiger partial charge in [0.2, 0.25) is 5.91 Å². The van der Waals surface area contributed by atoms with Crippen molar-refractivity contribution in [3.8, 4) is 0 Å². The Labute approximate surface area is 106 Å². The van der Waals surface area contributed by atoms with Gasteiger partial charge in [-0.05, 0) is 13.0 Å². The molecule has 0 aliphatic heterocycles. The van der Waals surface area contributed by atoms with Crippen molar-refractivity contribution in [3.63, 3.8) is 0 Å². The molecule has 0 N–H and O–H groups in total. The van der Waals surface area contributed by atoms with Gasteiger partial charge in [0.15, 0.2) is 0 Å². The predicted octanol–water partition coefficient (Wildman–Crippen LogP) is 0.836. The maximum atomic E-state index is 12.2. The summed E-state index contributed by atoms with van der Waals surface area (Å²) in [7, 11) is 3.65. The lowest BCUT2D eigenvalue weighted by Gasteiger charge is -2.21. The maximum absolute atomic E-state index is 12.2. The maximum Gasteiger partial charge on any atom is 0.247 e. The van der Waals surface area contributed by atoms with E-state index in [1.165, 1.54) is 0 Å². The van der Waals surface area contributed by atoms with Crippen molar-refractivity contribution in [2.75, 3.05) is 7.05 Å². The number of aromatic nitrogens is 4. The molecule has 0 saturated carbocycles. The number of likely N-dealkylation sites (N-methyl/N-ethyl adjacent to an activating group) is 1. The first-order valence-corrected chi connectivity index (χ1v) is 5.79. The highest BCUT2D eigenvalue weighted by atomic mass is 16.2. The summed E-state index contributed by atoms with van der Waals surface area (Å²) in [6.07, 6.45) is 7.14. The molecule has 18 heavy (non-hydrogen) atoms. The third-order valence-corrected chi connectivity index (χ3v) is 2.83. The second kappa shape index (κ2) is 5.03. The van der Waals surface area contributed by atoms with Crippen LogP contribution in [-0.2, 0) is 18.4 Å². The molecule has 0 unspecified atom stereocenters. The van der Waals surface area contributed by atoms with E-state index in [4.69, 9.17) is 0 Å². The third-order valence-electron chi connectivity index (χ3n) is 2.83. The lowest BCUT2D eigenvalue weighted by Crippen LogP contribution is -2.32. The third kappa shape index (κ3) is 2.58. The monoisotopic (exact) mass is 247 g/mol. The second-order valence-electron chi connectivity index (χ2n) is 4.38. The molecular formula is C12H17N5O. The quantitative estimate of drug-likeness (QED) is 0.804. The first-order chi connectivity index (χ1) is 8.58. The van der Waals surface area contributed by atoms with Gasteiger partial charge in [-0.2, -0.15) is 10.2 Å². The number of rotatable bonds is 4. The van der Waals surface area contributed by atoms with E-state index in [1.54, 1.807) is 39.9 Å². The van der Waals surface area contributed by atoms with Crippen LogP contribution in [-0.4, -0.2) is 37.4 Å². The smallest absolute Gasteiger partial charge is 0.247 e. The van der Waals surface area contributed by atoms with E-state index in [-0.39, 0.29) is 11.9 Å².